The summed E-state index contributed by atoms with van der Waals surface area (Å²) in [7, 11) is 0. The quantitative estimate of drug-likeness (QED) is 0.540. The number of nitrogens with two attached hydrogens (primary N) is 1. The summed E-state index contributed by atoms with van der Waals surface area (Å²) < 4.78 is 10.2. The van der Waals surface area contributed by atoms with Gasteiger partial charge in [-0.2, -0.15) is 0 Å². The van der Waals surface area contributed by atoms with Gasteiger partial charge in [-0.05, 0) is 26.0 Å². The van der Waals surface area contributed by atoms with E-state index in [9.17, 15) is 9.59 Å². The number of hydrogen-bond donors (Lipinski definition) is 1. The Morgan fingerprint density at radius 1 is 1.16 bits per heavy atom. The van der Waals surface area contributed by atoms with Crippen molar-refractivity contribution in [3.8, 4) is 0 Å². The van der Waals surface area contributed by atoms with Crippen LogP contribution in [0.2, 0.25) is 5.02 Å². The zero-order chi connectivity index (χ0) is 18.4. The SMILES string of the molecule is CCOC(=O)c1sc(N)c(C(=O)OCC)c1CSc1ccccc1Cl. The van der Waals surface area contributed by atoms with E-state index in [0.29, 0.717) is 21.2 Å². The van der Waals surface area contributed by atoms with Crippen LogP contribution in [0.25, 0.3) is 0 Å². The number of hydrogen-bond acceptors (Lipinski definition) is 7. The molecule has 0 fully saturated rings. The minimum Gasteiger partial charge on any atom is -0.462 e. The van der Waals surface area contributed by atoms with Crippen LogP contribution >= 0.6 is 34.7 Å². The summed E-state index contributed by atoms with van der Waals surface area (Å²) in [6, 6.07) is 7.36. The number of ether oxygens (including phenoxy) is 2. The molecule has 0 unspecified atom stereocenters. The molecule has 1 heterocycles. The van der Waals surface area contributed by atoms with E-state index in [1.165, 1.54) is 11.8 Å². The average Bonchev–Trinajstić information content (AvgIpc) is 2.91. The largest absolute Gasteiger partial charge is 0.462 e. The lowest BCUT2D eigenvalue weighted by molar-refractivity contribution is 0.0527. The second-order valence-electron chi connectivity index (χ2n) is 4.81. The van der Waals surface area contributed by atoms with Gasteiger partial charge in [-0.25, -0.2) is 9.59 Å². The Balaban J connectivity index is 2.39. The Morgan fingerprint density at radius 3 is 2.44 bits per heavy atom. The molecular formula is C17H18ClNO4S2. The first-order valence-electron chi connectivity index (χ1n) is 7.62. The van der Waals surface area contributed by atoms with Crippen LogP contribution in [0, 0.1) is 0 Å². The molecule has 0 aliphatic rings. The molecule has 2 rings (SSSR count). The van der Waals surface area contributed by atoms with Gasteiger partial charge in [0.05, 0.1) is 23.8 Å². The van der Waals surface area contributed by atoms with E-state index >= 15 is 0 Å². The lowest BCUT2D eigenvalue weighted by Gasteiger charge is -2.08. The highest BCUT2D eigenvalue weighted by Gasteiger charge is 2.27. The summed E-state index contributed by atoms with van der Waals surface area (Å²) >= 11 is 8.63. The van der Waals surface area contributed by atoms with Crippen LogP contribution in [0.15, 0.2) is 29.2 Å². The van der Waals surface area contributed by atoms with Crippen molar-refractivity contribution in [3.05, 3.63) is 45.3 Å². The highest BCUT2D eigenvalue weighted by atomic mass is 35.5. The predicted molar refractivity (Wildman–Crippen MR) is 102 cm³/mol. The van der Waals surface area contributed by atoms with Crippen LogP contribution in [-0.2, 0) is 15.2 Å². The van der Waals surface area contributed by atoms with Gasteiger partial charge in [0.15, 0.2) is 0 Å². The van der Waals surface area contributed by atoms with Crippen molar-refractivity contribution in [1.29, 1.82) is 0 Å². The smallest absolute Gasteiger partial charge is 0.348 e. The molecule has 0 radical (unpaired) electrons. The Bertz CT molecular complexity index is 776. The van der Waals surface area contributed by atoms with Crippen molar-refractivity contribution in [2.45, 2.75) is 24.5 Å². The average molecular weight is 400 g/mol. The summed E-state index contributed by atoms with van der Waals surface area (Å²) in [5, 5.41) is 0.849. The highest BCUT2D eigenvalue weighted by molar-refractivity contribution is 7.98. The van der Waals surface area contributed by atoms with Crippen molar-refractivity contribution in [2.24, 2.45) is 0 Å². The molecule has 0 saturated carbocycles. The predicted octanol–water partition coefficient (Wildman–Crippen LogP) is 4.63. The molecule has 0 amide bonds. The number of nitrogen functional groups attached to an aromatic ring is 1. The monoisotopic (exact) mass is 399 g/mol. The zero-order valence-electron chi connectivity index (χ0n) is 13.8. The van der Waals surface area contributed by atoms with Gasteiger partial charge in [0.25, 0.3) is 0 Å². The van der Waals surface area contributed by atoms with Crippen molar-refractivity contribution >= 4 is 51.6 Å². The van der Waals surface area contributed by atoms with Gasteiger partial charge in [0.1, 0.15) is 9.88 Å². The number of carbonyl (C=O) groups excluding carboxylic acids is 2. The van der Waals surface area contributed by atoms with Crippen molar-refractivity contribution in [3.63, 3.8) is 0 Å². The van der Waals surface area contributed by atoms with Gasteiger partial charge in [-0.15, -0.1) is 23.1 Å². The molecule has 5 nitrogen and oxygen atoms in total. The molecule has 2 aromatic rings. The second kappa shape index (κ2) is 9.12. The van der Waals surface area contributed by atoms with Gasteiger partial charge in [0.2, 0.25) is 0 Å². The lowest BCUT2D eigenvalue weighted by Crippen LogP contribution is -2.11. The van der Waals surface area contributed by atoms with Crippen LogP contribution in [0.3, 0.4) is 0 Å². The van der Waals surface area contributed by atoms with Gasteiger partial charge in [-0.1, -0.05) is 23.7 Å². The normalized spacial score (nSPS) is 10.5. The molecule has 134 valence electrons. The second-order valence-corrected chi connectivity index (χ2v) is 7.29. The third-order valence-electron chi connectivity index (χ3n) is 3.18. The number of rotatable bonds is 7. The maximum atomic E-state index is 12.3. The van der Waals surface area contributed by atoms with Crippen molar-refractivity contribution in [2.75, 3.05) is 18.9 Å². The summed E-state index contributed by atoms with van der Waals surface area (Å²) in [5.74, 6) is -0.689. The maximum Gasteiger partial charge on any atom is 0.348 e. The first kappa shape index (κ1) is 19.6. The molecule has 25 heavy (non-hydrogen) atoms. The fraction of sp³-hybridized carbons (Fsp3) is 0.294. The van der Waals surface area contributed by atoms with Crippen LogP contribution in [0.4, 0.5) is 5.00 Å². The van der Waals surface area contributed by atoms with E-state index in [1.807, 2.05) is 18.2 Å². The molecule has 8 heteroatoms. The Kier molecular flexibility index (Phi) is 7.16. The zero-order valence-corrected chi connectivity index (χ0v) is 16.2. The van der Waals surface area contributed by atoms with Crippen LogP contribution in [0.1, 0.15) is 39.4 Å². The number of carbonyl (C=O) groups is 2. The Hall–Kier alpha value is -1.70. The molecule has 2 N–H and O–H groups in total. The summed E-state index contributed by atoms with van der Waals surface area (Å²) in [6.07, 6.45) is 0. The minimum absolute atomic E-state index is 0.222. The Morgan fingerprint density at radius 2 is 1.80 bits per heavy atom. The van der Waals surface area contributed by atoms with E-state index in [2.05, 4.69) is 0 Å². The van der Waals surface area contributed by atoms with Crippen LogP contribution < -0.4 is 5.73 Å². The third-order valence-corrected chi connectivity index (χ3v) is 5.77. The third kappa shape index (κ3) is 4.68. The molecule has 0 saturated heterocycles. The number of thioether (sulfide) groups is 1. The molecule has 1 aromatic carbocycles. The molecule has 0 bridgehead atoms. The standard InChI is InChI=1S/C17H18ClNO4S2/c1-3-22-16(20)13-10(9-24-12-8-6-5-7-11(12)18)14(25-15(13)19)17(21)23-4-2/h5-8H,3-4,9,19H2,1-2H3. The summed E-state index contributed by atoms with van der Waals surface area (Å²) in [6.45, 7) is 3.90. The number of benzene rings is 1. The van der Waals surface area contributed by atoms with Gasteiger partial charge < -0.3 is 15.2 Å². The molecule has 1 aromatic heterocycles. The van der Waals surface area contributed by atoms with E-state index in [0.717, 1.165) is 16.2 Å². The number of anilines is 1. The summed E-state index contributed by atoms with van der Waals surface area (Å²) in [5.41, 5.74) is 6.73. The van der Waals surface area contributed by atoms with Crippen LogP contribution in [0.5, 0.6) is 0 Å². The Labute approximate surface area is 159 Å². The van der Waals surface area contributed by atoms with Crippen molar-refractivity contribution in [1.82, 2.24) is 0 Å². The van der Waals surface area contributed by atoms with Crippen LogP contribution in [-0.4, -0.2) is 25.2 Å². The number of esters is 2. The van der Waals surface area contributed by atoms with E-state index in [-0.39, 0.29) is 23.8 Å². The molecule has 0 aliphatic carbocycles. The molecule has 0 spiro atoms. The molecular weight excluding hydrogens is 382 g/mol. The fourth-order valence-electron chi connectivity index (χ4n) is 2.12. The topological polar surface area (TPSA) is 78.6 Å². The summed E-state index contributed by atoms with van der Waals surface area (Å²) in [4.78, 5) is 25.7. The van der Waals surface area contributed by atoms with Gasteiger partial charge in [-0.3, -0.25) is 0 Å². The maximum absolute atomic E-state index is 12.3. The first-order valence-corrected chi connectivity index (χ1v) is 9.80. The number of halogens is 1. The lowest BCUT2D eigenvalue weighted by atomic mass is 10.1. The van der Waals surface area contributed by atoms with Crippen molar-refractivity contribution < 1.29 is 19.1 Å². The van der Waals surface area contributed by atoms with Gasteiger partial charge in [0, 0.05) is 16.2 Å². The minimum atomic E-state index is -0.540. The van der Waals surface area contributed by atoms with Gasteiger partial charge >= 0.3 is 11.9 Å². The fourth-order valence-corrected chi connectivity index (χ4v) is 4.45. The van der Waals surface area contributed by atoms with E-state index in [4.69, 9.17) is 26.8 Å². The highest BCUT2D eigenvalue weighted by Crippen LogP contribution is 2.38. The molecule has 0 aliphatic heterocycles. The first-order chi connectivity index (χ1) is 12.0. The van der Waals surface area contributed by atoms with E-state index in [1.54, 1.807) is 19.9 Å². The van der Waals surface area contributed by atoms with E-state index < -0.39 is 11.9 Å². The number of thiophene rings is 1. The molecule has 0 atom stereocenters.